The molecule has 0 bridgehead atoms. The van der Waals surface area contributed by atoms with Crippen LogP contribution in [0.15, 0.2) is 55.0 Å². The number of pyridine rings is 1. The summed E-state index contributed by atoms with van der Waals surface area (Å²) in [7, 11) is 0. The first kappa shape index (κ1) is 17.8. The third-order valence-electron chi connectivity index (χ3n) is 4.60. The Labute approximate surface area is 162 Å². The van der Waals surface area contributed by atoms with Crippen LogP contribution in [0, 0.1) is 13.8 Å². The first-order valence-electron chi connectivity index (χ1n) is 9.07. The molecule has 1 N–H and O–H groups in total. The van der Waals surface area contributed by atoms with Crippen molar-refractivity contribution in [1.82, 2.24) is 24.7 Å². The number of rotatable bonds is 5. The van der Waals surface area contributed by atoms with Crippen LogP contribution in [0.5, 0.6) is 0 Å². The van der Waals surface area contributed by atoms with E-state index in [1.165, 1.54) is 5.56 Å². The van der Waals surface area contributed by atoms with Crippen molar-refractivity contribution in [2.45, 2.75) is 26.8 Å². The molecule has 0 aliphatic heterocycles. The van der Waals surface area contributed by atoms with E-state index in [0.717, 1.165) is 29.9 Å². The fourth-order valence-electron chi connectivity index (χ4n) is 2.91. The molecule has 1 amide bonds. The van der Waals surface area contributed by atoms with Gasteiger partial charge in [0.15, 0.2) is 5.82 Å². The van der Waals surface area contributed by atoms with Crippen LogP contribution in [0.3, 0.4) is 0 Å². The van der Waals surface area contributed by atoms with Gasteiger partial charge in [-0.2, -0.15) is 5.10 Å². The molecule has 0 aliphatic carbocycles. The van der Waals surface area contributed by atoms with Crippen molar-refractivity contribution in [3.05, 3.63) is 77.5 Å². The highest BCUT2D eigenvalue weighted by atomic mass is 16.1. The van der Waals surface area contributed by atoms with E-state index in [2.05, 4.69) is 25.4 Å². The number of hydrogen-bond acceptors (Lipinski definition) is 5. The molecule has 0 saturated carbocycles. The van der Waals surface area contributed by atoms with E-state index in [4.69, 9.17) is 0 Å². The highest BCUT2D eigenvalue weighted by molar-refractivity contribution is 6.05. The van der Waals surface area contributed by atoms with Gasteiger partial charge in [0.1, 0.15) is 0 Å². The van der Waals surface area contributed by atoms with E-state index < -0.39 is 0 Å². The van der Waals surface area contributed by atoms with Crippen molar-refractivity contribution < 1.29 is 4.79 Å². The summed E-state index contributed by atoms with van der Waals surface area (Å²) < 4.78 is 1.81. The number of fused-ring (bicyclic) bond motifs is 1. The second-order valence-electron chi connectivity index (χ2n) is 6.62. The van der Waals surface area contributed by atoms with Crippen LogP contribution >= 0.6 is 0 Å². The number of anilines is 1. The molecule has 140 valence electrons. The van der Waals surface area contributed by atoms with Crippen LogP contribution in [0.4, 0.5) is 5.82 Å². The molecule has 0 saturated heterocycles. The van der Waals surface area contributed by atoms with Crippen LogP contribution in [0.25, 0.3) is 11.0 Å². The number of carbonyl (C=O) groups is 1. The average Bonchev–Trinajstić information content (AvgIpc) is 3.15. The Balaban J connectivity index is 1.44. The number of nitrogens with zero attached hydrogens (tertiary/aromatic N) is 5. The highest BCUT2D eigenvalue weighted by Crippen LogP contribution is 2.16. The van der Waals surface area contributed by atoms with Crippen LogP contribution in [0.2, 0.25) is 0 Å². The predicted molar refractivity (Wildman–Crippen MR) is 107 cm³/mol. The van der Waals surface area contributed by atoms with Gasteiger partial charge in [-0.05, 0) is 56.2 Å². The maximum atomic E-state index is 12.6. The lowest BCUT2D eigenvalue weighted by atomic mass is 10.1. The molecule has 0 atom stereocenters. The number of aryl methyl sites for hydroxylation is 4. The summed E-state index contributed by atoms with van der Waals surface area (Å²) in [4.78, 5) is 25.6. The third kappa shape index (κ3) is 3.88. The molecular weight excluding hydrogens is 352 g/mol. The average molecular weight is 372 g/mol. The second-order valence-corrected chi connectivity index (χ2v) is 6.62. The molecule has 0 spiro atoms. The van der Waals surface area contributed by atoms with Crippen molar-refractivity contribution >= 4 is 22.8 Å². The van der Waals surface area contributed by atoms with Gasteiger partial charge in [-0.1, -0.05) is 0 Å². The fraction of sp³-hybridized carbons (Fsp3) is 0.190. The quantitative estimate of drug-likeness (QED) is 0.581. The highest BCUT2D eigenvalue weighted by Gasteiger charge is 2.10. The Morgan fingerprint density at radius 2 is 1.75 bits per heavy atom. The van der Waals surface area contributed by atoms with Crippen molar-refractivity contribution in [1.29, 1.82) is 0 Å². The molecule has 1 aromatic carbocycles. The number of carbonyl (C=O) groups excluding carboxylic acids is 1. The first-order valence-corrected chi connectivity index (χ1v) is 9.07. The molecule has 4 rings (SSSR count). The van der Waals surface area contributed by atoms with Crippen LogP contribution in [-0.2, 0) is 13.0 Å². The van der Waals surface area contributed by atoms with E-state index in [1.807, 2.05) is 42.9 Å². The molecule has 0 fully saturated rings. The van der Waals surface area contributed by atoms with E-state index in [1.54, 1.807) is 30.6 Å². The monoisotopic (exact) mass is 372 g/mol. The molecule has 28 heavy (non-hydrogen) atoms. The zero-order chi connectivity index (χ0) is 19.5. The van der Waals surface area contributed by atoms with Gasteiger partial charge in [-0.25, -0.2) is 9.97 Å². The van der Waals surface area contributed by atoms with Gasteiger partial charge in [0.05, 0.1) is 22.4 Å². The maximum Gasteiger partial charge on any atom is 0.256 e. The van der Waals surface area contributed by atoms with Crippen molar-refractivity contribution in [3.63, 3.8) is 0 Å². The van der Waals surface area contributed by atoms with E-state index >= 15 is 0 Å². The smallest absolute Gasteiger partial charge is 0.256 e. The summed E-state index contributed by atoms with van der Waals surface area (Å²) in [6.45, 7) is 4.56. The number of amides is 1. The van der Waals surface area contributed by atoms with E-state index in [-0.39, 0.29) is 5.91 Å². The van der Waals surface area contributed by atoms with Crippen molar-refractivity contribution in [3.8, 4) is 0 Å². The molecular formula is C21H20N6O. The number of hydrogen-bond donors (Lipinski definition) is 1. The number of aromatic nitrogens is 5. The zero-order valence-electron chi connectivity index (χ0n) is 15.8. The molecule has 7 heteroatoms. The fourth-order valence-corrected chi connectivity index (χ4v) is 2.91. The minimum Gasteiger partial charge on any atom is -0.305 e. The zero-order valence-corrected chi connectivity index (χ0v) is 15.8. The normalized spacial score (nSPS) is 10.9. The van der Waals surface area contributed by atoms with Crippen LogP contribution in [0.1, 0.15) is 27.3 Å². The van der Waals surface area contributed by atoms with Gasteiger partial charge < -0.3 is 5.32 Å². The molecule has 0 radical (unpaired) electrons. The van der Waals surface area contributed by atoms with Crippen molar-refractivity contribution in [2.24, 2.45) is 0 Å². The van der Waals surface area contributed by atoms with Crippen molar-refractivity contribution in [2.75, 3.05) is 5.32 Å². The molecule has 7 nitrogen and oxygen atoms in total. The van der Waals surface area contributed by atoms with Gasteiger partial charge in [-0.15, -0.1) is 0 Å². The molecule has 0 unspecified atom stereocenters. The molecule has 0 aliphatic rings. The lowest BCUT2D eigenvalue weighted by Gasteiger charge is -2.06. The molecule has 3 heterocycles. The van der Waals surface area contributed by atoms with Crippen LogP contribution in [-0.4, -0.2) is 30.6 Å². The topological polar surface area (TPSA) is 85.6 Å². The largest absolute Gasteiger partial charge is 0.305 e. The number of nitrogens with one attached hydrogen (secondary N) is 1. The molecule has 3 aromatic heterocycles. The Morgan fingerprint density at radius 3 is 2.54 bits per heavy atom. The lowest BCUT2D eigenvalue weighted by Crippen LogP contribution is -2.13. The van der Waals surface area contributed by atoms with Gasteiger partial charge in [0, 0.05) is 36.8 Å². The standard InChI is InChI=1S/C21H20N6O/c1-14-15(2)24-19-13-17(3-4-18(19)23-14)21(28)25-20-8-12-27(26-20)11-7-16-5-9-22-10-6-16/h3-6,8-10,12-13H,7,11H2,1-2H3,(H,25,26,28). The second kappa shape index (κ2) is 7.56. The minimum atomic E-state index is -0.221. The first-order chi connectivity index (χ1) is 13.6. The molecule has 4 aromatic rings. The third-order valence-corrected chi connectivity index (χ3v) is 4.60. The summed E-state index contributed by atoms with van der Waals surface area (Å²) in [5.41, 5.74) is 4.95. The Kier molecular flexibility index (Phi) is 4.80. The summed E-state index contributed by atoms with van der Waals surface area (Å²) in [5.74, 6) is 0.298. The van der Waals surface area contributed by atoms with Gasteiger partial charge in [0.25, 0.3) is 5.91 Å². The Morgan fingerprint density at radius 1 is 1.00 bits per heavy atom. The van der Waals surface area contributed by atoms with Crippen LogP contribution < -0.4 is 5.32 Å². The van der Waals surface area contributed by atoms with Gasteiger partial charge in [0.2, 0.25) is 0 Å². The summed E-state index contributed by atoms with van der Waals surface area (Å²) in [6.07, 6.45) is 6.26. The summed E-state index contributed by atoms with van der Waals surface area (Å²) in [6, 6.07) is 11.1. The summed E-state index contributed by atoms with van der Waals surface area (Å²) >= 11 is 0. The van der Waals surface area contributed by atoms with E-state index in [9.17, 15) is 4.79 Å². The van der Waals surface area contributed by atoms with Gasteiger partial charge >= 0.3 is 0 Å². The lowest BCUT2D eigenvalue weighted by molar-refractivity contribution is 0.102. The Hall–Kier alpha value is -3.61. The number of benzene rings is 1. The SMILES string of the molecule is Cc1nc2ccc(C(=O)Nc3ccn(CCc4ccncc4)n3)cc2nc1C. The Bertz CT molecular complexity index is 1140. The minimum absolute atomic E-state index is 0.221. The van der Waals surface area contributed by atoms with E-state index in [0.29, 0.717) is 16.9 Å². The summed E-state index contributed by atoms with van der Waals surface area (Å²) in [5, 5.41) is 7.26. The predicted octanol–water partition coefficient (Wildman–Crippen LogP) is 3.33. The maximum absolute atomic E-state index is 12.6. The van der Waals surface area contributed by atoms with Gasteiger partial charge in [-0.3, -0.25) is 14.5 Å².